The van der Waals surface area contributed by atoms with E-state index in [-0.39, 0.29) is 11.2 Å². The van der Waals surface area contributed by atoms with Gasteiger partial charge in [-0.1, -0.05) is 37.3 Å². The summed E-state index contributed by atoms with van der Waals surface area (Å²) in [5, 5.41) is 17.9. The number of benzene rings is 1. The van der Waals surface area contributed by atoms with Crippen LogP contribution in [0, 0.1) is 5.92 Å². The Hall–Kier alpha value is -0.835. The predicted molar refractivity (Wildman–Crippen MR) is 62.8 cm³/mol. The van der Waals surface area contributed by atoms with Crippen LogP contribution in [0.15, 0.2) is 30.3 Å². The molecule has 0 amide bonds. The number of hydrogen-bond donors (Lipinski definition) is 2. The van der Waals surface area contributed by atoms with Crippen LogP contribution in [0.4, 0.5) is 0 Å². The Morgan fingerprint density at radius 2 is 2.06 bits per heavy atom. The van der Waals surface area contributed by atoms with Crippen LogP contribution in [-0.2, 0) is 11.3 Å². The van der Waals surface area contributed by atoms with Gasteiger partial charge in [0, 0.05) is 11.9 Å². The quantitative estimate of drug-likeness (QED) is 0.738. The first-order valence-corrected chi connectivity index (χ1v) is 5.61. The van der Waals surface area contributed by atoms with Crippen LogP contribution in [0.3, 0.4) is 0 Å². The standard InChI is InChI=1S/C12H17BO3/c1-12(13(14)15)7-11(12)9-16-8-10-5-3-2-4-6-10/h2-6,11,14-15H,7-9H2,1H3/t11-,12-/m0/s1. The van der Waals surface area contributed by atoms with Crippen LogP contribution in [0.5, 0.6) is 0 Å². The Labute approximate surface area is 96.2 Å². The maximum absolute atomic E-state index is 9.14. The Kier molecular flexibility index (Phi) is 3.33. The fourth-order valence-electron chi connectivity index (χ4n) is 1.93. The summed E-state index contributed by atoms with van der Waals surface area (Å²) in [4.78, 5) is 0. The molecule has 2 N–H and O–H groups in total. The summed E-state index contributed by atoms with van der Waals surface area (Å²) in [5.41, 5.74) is 1.15. The monoisotopic (exact) mass is 220 g/mol. The van der Waals surface area contributed by atoms with Gasteiger partial charge in [0.25, 0.3) is 0 Å². The van der Waals surface area contributed by atoms with Gasteiger partial charge in [-0.15, -0.1) is 0 Å². The van der Waals surface area contributed by atoms with E-state index in [2.05, 4.69) is 0 Å². The third-order valence-electron chi connectivity index (χ3n) is 3.48. The van der Waals surface area contributed by atoms with Crippen molar-refractivity contribution >= 4 is 7.12 Å². The lowest BCUT2D eigenvalue weighted by molar-refractivity contribution is 0.107. The van der Waals surface area contributed by atoms with Crippen LogP contribution in [0.2, 0.25) is 5.31 Å². The van der Waals surface area contributed by atoms with Crippen LogP contribution >= 0.6 is 0 Å². The minimum Gasteiger partial charge on any atom is -0.427 e. The average Bonchev–Trinajstić information content (AvgIpc) is 2.93. The molecule has 0 aromatic heterocycles. The van der Waals surface area contributed by atoms with Crippen LogP contribution < -0.4 is 0 Å². The van der Waals surface area contributed by atoms with Crippen LogP contribution in [0.25, 0.3) is 0 Å². The minimum atomic E-state index is -1.22. The summed E-state index contributed by atoms with van der Waals surface area (Å²) in [6.07, 6.45) is 0.833. The molecule has 0 aliphatic heterocycles. The van der Waals surface area contributed by atoms with E-state index in [0.717, 1.165) is 12.0 Å². The third kappa shape index (κ3) is 2.46. The van der Waals surface area contributed by atoms with E-state index in [9.17, 15) is 0 Å². The molecule has 86 valence electrons. The van der Waals surface area contributed by atoms with Crippen molar-refractivity contribution in [1.29, 1.82) is 0 Å². The highest BCUT2D eigenvalue weighted by atomic mass is 16.5. The lowest BCUT2D eigenvalue weighted by Gasteiger charge is -2.09. The molecular weight excluding hydrogens is 203 g/mol. The number of rotatable bonds is 5. The first-order chi connectivity index (χ1) is 7.63. The van der Waals surface area contributed by atoms with E-state index in [0.29, 0.717) is 13.2 Å². The van der Waals surface area contributed by atoms with Crippen molar-refractivity contribution < 1.29 is 14.8 Å². The molecule has 3 nitrogen and oxygen atoms in total. The maximum Gasteiger partial charge on any atom is 0.458 e. The SMILES string of the molecule is C[C@]1(B(O)O)C[C@H]1COCc1ccccc1. The molecule has 0 unspecified atom stereocenters. The van der Waals surface area contributed by atoms with E-state index in [1.54, 1.807) is 0 Å². The molecule has 0 radical (unpaired) electrons. The first kappa shape index (κ1) is 11.6. The summed E-state index contributed by atoms with van der Waals surface area (Å²) < 4.78 is 5.57. The largest absolute Gasteiger partial charge is 0.458 e. The Bertz CT molecular complexity index is 341. The maximum atomic E-state index is 9.14. The molecule has 1 aliphatic rings. The molecule has 0 heterocycles. The Morgan fingerprint density at radius 1 is 1.38 bits per heavy atom. The molecular formula is C12H17BO3. The van der Waals surface area contributed by atoms with E-state index in [1.807, 2.05) is 37.3 Å². The highest BCUT2D eigenvalue weighted by Crippen LogP contribution is 2.60. The topological polar surface area (TPSA) is 49.7 Å². The van der Waals surface area contributed by atoms with E-state index >= 15 is 0 Å². The molecule has 0 saturated heterocycles. The normalized spacial score (nSPS) is 27.8. The summed E-state index contributed by atoms with van der Waals surface area (Å²) >= 11 is 0. The zero-order valence-electron chi connectivity index (χ0n) is 9.47. The molecule has 1 aliphatic carbocycles. The van der Waals surface area contributed by atoms with Crippen molar-refractivity contribution in [3.8, 4) is 0 Å². The molecule has 0 bridgehead atoms. The van der Waals surface area contributed by atoms with E-state index < -0.39 is 7.12 Å². The van der Waals surface area contributed by atoms with Crippen molar-refractivity contribution in [3.05, 3.63) is 35.9 Å². The second-order valence-electron chi connectivity index (χ2n) is 4.78. The van der Waals surface area contributed by atoms with Gasteiger partial charge < -0.3 is 14.8 Å². The highest BCUT2D eigenvalue weighted by molar-refractivity contribution is 6.46. The van der Waals surface area contributed by atoms with Crippen molar-refractivity contribution in [2.75, 3.05) is 6.61 Å². The lowest BCUT2D eigenvalue weighted by Crippen LogP contribution is -2.21. The minimum absolute atomic E-state index is 0.274. The van der Waals surface area contributed by atoms with Gasteiger partial charge in [-0.05, 0) is 17.9 Å². The molecule has 2 atom stereocenters. The van der Waals surface area contributed by atoms with Crippen molar-refractivity contribution in [3.63, 3.8) is 0 Å². The van der Waals surface area contributed by atoms with Gasteiger partial charge in [0.1, 0.15) is 0 Å². The first-order valence-electron chi connectivity index (χ1n) is 5.61. The lowest BCUT2D eigenvalue weighted by atomic mass is 9.69. The van der Waals surface area contributed by atoms with Crippen molar-refractivity contribution in [2.24, 2.45) is 5.92 Å². The highest BCUT2D eigenvalue weighted by Gasteiger charge is 2.57. The summed E-state index contributed by atoms with van der Waals surface area (Å²) in [6, 6.07) is 9.98. The molecule has 4 heteroatoms. The molecule has 16 heavy (non-hydrogen) atoms. The molecule has 0 spiro atoms. The predicted octanol–water partition coefficient (Wildman–Crippen LogP) is 1.46. The summed E-state index contributed by atoms with van der Waals surface area (Å²) in [5.74, 6) is 0.274. The van der Waals surface area contributed by atoms with Crippen molar-refractivity contribution in [1.82, 2.24) is 0 Å². The van der Waals surface area contributed by atoms with Gasteiger partial charge in [0.15, 0.2) is 0 Å². The Morgan fingerprint density at radius 3 is 2.62 bits per heavy atom. The smallest absolute Gasteiger partial charge is 0.427 e. The number of hydrogen-bond acceptors (Lipinski definition) is 3. The summed E-state index contributed by atoms with van der Waals surface area (Å²) in [7, 11) is -1.22. The van der Waals surface area contributed by atoms with Crippen LogP contribution in [-0.4, -0.2) is 23.8 Å². The second-order valence-corrected chi connectivity index (χ2v) is 4.78. The van der Waals surface area contributed by atoms with Crippen molar-refractivity contribution in [2.45, 2.75) is 25.3 Å². The van der Waals surface area contributed by atoms with E-state index in [4.69, 9.17) is 14.8 Å². The molecule has 1 fully saturated rings. The zero-order valence-corrected chi connectivity index (χ0v) is 9.47. The number of ether oxygens (including phenoxy) is 1. The van der Waals surface area contributed by atoms with Crippen LogP contribution in [0.1, 0.15) is 18.9 Å². The fraction of sp³-hybridized carbons (Fsp3) is 0.500. The fourth-order valence-corrected chi connectivity index (χ4v) is 1.93. The van der Waals surface area contributed by atoms with E-state index in [1.165, 1.54) is 0 Å². The average molecular weight is 220 g/mol. The van der Waals surface area contributed by atoms with Gasteiger partial charge in [0.05, 0.1) is 6.61 Å². The zero-order chi connectivity index (χ0) is 11.6. The second kappa shape index (κ2) is 4.57. The van der Waals surface area contributed by atoms with Gasteiger partial charge in [-0.25, -0.2) is 0 Å². The Balaban J connectivity index is 1.71. The van der Waals surface area contributed by atoms with Gasteiger partial charge in [0.2, 0.25) is 0 Å². The van der Waals surface area contributed by atoms with Gasteiger partial charge in [-0.2, -0.15) is 0 Å². The molecule has 2 rings (SSSR count). The molecule has 1 saturated carbocycles. The molecule has 1 aromatic rings. The van der Waals surface area contributed by atoms with Gasteiger partial charge in [-0.3, -0.25) is 0 Å². The van der Waals surface area contributed by atoms with Gasteiger partial charge >= 0.3 is 7.12 Å². The third-order valence-corrected chi connectivity index (χ3v) is 3.48. The summed E-state index contributed by atoms with van der Waals surface area (Å²) in [6.45, 7) is 3.08. The molecule has 1 aromatic carbocycles.